The summed E-state index contributed by atoms with van der Waals surface area (Å²) < 4.78 is 16.2. The molecule has 2 aromatic carbocycles. The van der Waals surface area contributed by atoms with Crippen molar-refractivity contribution in [3.05, 3.63) is 59.7 Å². The number of ether oxygens (including phenoxy) is 1. The Morgan fingerprint density at radius 3 is 2.56 bits per heavy atom. The summed E-state index contributed by atoms with van der Waals surface area (Å²) in [7, 11) is 0. The smallest absolute Gasteiger partial charge is 0.260 e. The second-order valence-corrected chi connectivity index (χ2v) is 8.13. The summed E-state index contributed by atoms with van der Waals surface area (Å²) in [4.78, 5) is 21.6. The zero-order valence-corrected chi connectivity index (χ0v) is 19.7. The molecule has 1 N–H and O–H groups in total. The lowest BCUT2D eigenvalue weighted by Crippen LogP contribution is -2.14. The van der Waals surface area contributed by atoms with Crippen LogP contribution in [0.5, 0.6) is 5.75 Å². The van der Waals surface area contributed by atoms with Gasteiger partial charge in [0, 0.05) is 24.3 Å². The highest BCUT2D eigenvalue weighted by atomic mass is 16.5. The number of aromatic nitrogens is 4. The Labute approximate surface area is 197 Å². The summed E-state index contributed by atoms with van der Waals surface area (Å²) in [6.07, 6.45) is 0.495. The zero-order chi connectivity index (χ0) is 24.1. The number of hydrogen-bond acceptors (Lipinski definition) is 8. The highest BCUT2D eigenvalue weighted by Crippen LogP contribution is 2.31. The van der Waals surface area contributed by atoms with Crippen LogP contribution in [0.15, 0.2) is 51.5 Å². The first-order chi connectivity index (χ1) is 16.4. The molecule has 9 nitrogen and oxygen atoms in total. The maximum atomic E-state index is 12.7. The maximum absolute atomic E-state index is 12.7. The van der Waals surface area contributed by atoms with E-state index in [1.807, 2.05) is 70.2 Å². The van der Waals surface area contributed by atoms with E-state index >= 15 is 0 Å². The van der Waals surface area contributed by atoms with Crippen LogP contribution in [0.3, 0.4) is 0 Å². The van der Waals surface area contributed by atoms with Crippen LogP contribution in [0.25, 0.3) is 22.8 Å². The van der Waals surface area contributed by atoms with E-state index in [1.165, 1.54) is 0 Å². The molecule has 0 fully saturated rings. The molecule has 4 rings (SSSR count). The second-order valence-electron chi connectivity index (χ2n) is 8.13. The predicted octanol–water partition coefficient (Wildman–Crippen LogP) is 5.19. The maximum Gasteiger partial charge on any atom is 0.260 e. The van der Waals surface area contributed by atoms with Gasteiger partial charge in [-0.3, -0.25) is 4.79 Å². The number of rotatable bonds is 9. The van der Waals surface area contributed by atoms with E-state index in [-0.39, 0.29) is 18.2 Å². The molecule has 34 heavy (non-hydrogen) atoms. The van der Waals surface area contributed by atoms with Gasteiger partial charge < -0.3 is 19.1 Å². The van der Waals surface area contributed by atoms with Crippen molar-refractivity contribution in [2.75, 3.05) is 11.9 Å². The van der Waals surface area contributed by atoms with Gasteiger partial charge in [-0.15, -0.1) is 0 Å². The van der Waals surface area contributed by atoms with Crippen molar-refractivity contribution in [1.82, 2.24) is 20.3 Å². The summed E-state index contributed by atoms with van der Waals surface area (Å²) in [5, 5.41) is 11.0. The quantitative estimate of drug-likeness (QED) is 0.362. The lowest BCUT2D eigenvalue weighted by molar-refractivity contribution is -0.116. The number of nitrogens with one attached hydrogen (secondary N) is 1. The molecule has 0 aliphatic heterocycles. The predicted molar refractivity (Wildman–Crippen MR) is 126 cm³/mol. The summed E-state index contributed by atoms with van der Waals surface area (Å²) >= 11 is 0. The third kappa shape index (κ3) is 5.31. The summed E-state index contributed by atoms with van der Waals surface area (Å²) in [5.74, 6) is 2.60. The molecule has 0 aliphatic carbocycles. The molecular weight excluding hydrogens is 434 g/mol. The number of carbonyl (C=O) groups excluding carboxylic acids is 1. The van der Waals surface area contributed by atoms with Gasteiger partial charge in [-0.25, -0.2) is 0 Å². The normalized spacial score (nSPS) is 11.1. The number of nitrogens with zero attached hydrogens (tertiary/aromatic N) is 4. The lowest BCUT2D eigenvalue weighted by atomic mass is 10.1. The highest BCUT2D eigenvalue weighted by Gasteiger charge is 2.18. The van der Waals surface area contributed by atoms with Crippen molar-refractivity contribution in [2.45, 2.75) is 46.5 Å². The van der Waals surface area contributed by atoms with Gasteiger partial charge in [0.25, 0.3) is 5.89 Å². The molecule has 0 spiro atoms. The Bertz CT molecular complexity index is 1260. The summed E-state index contributed by atoms with van der Waals surface area (Å²) in [6, 6.07) is 13.1. The van der Waals surface area contributed by atoms with Crippen LogP contribution in [0.2, 0.25) is 0 Å². The molecule has 0 unspecified atom stereocenters. The van der Waals surface area contributed by atoms with E-state index in [2.05, 4.69) is 25.6 Å². The molecule has 0 bridgehead atoms. The molecule has 0 radical (unpaired) electrons. The van der Waals surface area contributed by atoms with E-state index in [0.29, 0.717) is 47.7 Å². The molecule has 0 saturated heterocycles. The highest BCUT2D eigenvalue weighted by molar-refractivity contribution is 5.95. The van der Waals surface area contributed by atoms with E-state index in [0.717, 1.165) is 16.9 Å². The third-order valence-corrected chi connectivity index (χ3v) is 5.18. The van der Waals surface area contributed by atoms with Crippen molar-refractivity contribution in [1.29, 1.82) is 0 Å². The summed E-state index contributed by atoms with van der Waals surface area (Å²) in [6.45, 7) is 8.44. The van der Waals surface area contributed by atoms with E-state index < -0.39 is 0 Å². The van der Waals surface area contributed by atoms with Gasteiger partial charge in [-0.05, 0) is 49.7 Å². The van der Waals surface area contributed by atoms with Crippen LogP contribution in [-0.4, -0.2) is 32.8 Å². The van der Waals surface area contributed by atoms with Crippen LogP contribution in [-0.2, 0) is 11.2 Å². The Hall–Kier alpha value is -4.01. The van der Waals surface area contributed by atoms with E-state index in [1.54, 1.807) is 0 Å². The molecule has 4 aromatic rings. The SMILES string of the molecule is CCOc1ccc(-c2noc(CCC(=O)Nc3c(C)cccc3-c3nc(C(C)C)no3)n2)cc1. The van der Waals surface area contributed by atoms with Crippen molar-refractivity contribution in [2.24, 2.45) is 0 Å². The third-order valence-electron chi connectivity index (χ3n) is 5.18. The molecular formula is C25H27N5O4. The Morgan fingerprint density at radius 1 is 1.06 bits per heavy atom. The topological polar surface area (TPSA) is 116 Å². The second kappa shape index (κ2) is 10.3. The fourth-order valence-corrected chi connectivity index (χ4v) is 3.35. The van der Waals surface area contributed by atoms with Gasteiger partial charge >= 0.3 is 0 Å². The van der Waals surface area contributed by atoms with Crippen LogP contribution in [0.1, 0.15) is 50.4 Å². The average molecular weight is 462 g/mol. The van der Waals surface area contributed by atoms with E-state index in [9.17, 15) is 4.79 Å². The molecule has 9 heteroatoms. The minimum atomic E-state index is -0.181. The molecule has 0 aliphatic rings. The largest absolute Gasteiger partial charge is 0.494 e. The van der Waals surface area contributed by atoms with E-state index in [4.69, 9.17) is 13.8 Å². The zero-order valence-electron chi connectivity index (χ0n) is 19.7. The average Bonchev–Trinajstić information content (AvgIpc) is 3.50. The van der Waals surface area contributed by atoms with Gasteiger partial charge in [-0.2, -0.15) is 9.97 Å². The standard InChI is InChI=1S/C25H27N5O4/c1-5-32-18-11-9-17(10-12-18)24-27-21(33-30-24)14-13-20(31)26-22-16(4)7-6-8-19(22)25-28-23(15(2)3)29-34-25/h6-12,15H,5,13-14H2,1-4H3,(H,26,31). The van der Waals surface area contributed by atoms with Crippen LogP contribution < -0.4 is 10.1 Å². The molecule has 176 valence electrons. The van der Waals surface area contributed by atoms with Gasteiger partial charge in [0.15, 0.2) is 5.82 Å². The van der Waals surface area contributed by atoms with Crippen molar-refractivity contribution < 1.29 is 18.6 Å². The molecule has 2 heterocycles. The lowest BCUT2D eigenvalue weighted by Gasteiger charge is -2.11. The minimum Gasteiger partial charge on any atom is -0.494 e. The molecule has 1 amide bonds. The number of benzene rings is 2. The fraction of sp³-hybridized carbons (Fsp3) is 0.320. The molecule has 2 aromatic heterocycles. The van der Waals surface area contributed by atoms with Crippen molar-refractivity contribution in [3.8, 4) is 28.6 Å². The summed E-state index contributed by atoms with van der Waals surface area (Å²) in [5.41, 5.74) is 3.04. The van der Waals surface area contributed by atoms with Gasteiger partial charge in [-0.1, -0.05) is 36.3 Å². The monoisotopic (exact) mass is 461 g/mol. The van der Waals surface area contributed by atoms with Gasteiger partial charge in [0.1, 0.15) is 5.75 Å². The van der Waals surface area contributed by atoms with Crippen molar-refractivity contribution >= 4 is 11.6 Å². The Kier molecular flexibility index (Phi) is 7.01. The number of carbonyl (C=O) groups is 1. The first-order valence-electron chi connectivity index (χ1n) is 11.2. The van der Waals surface area contributed by atoms with Gasteiger partial charge in [0.2, 0.25) is 17.6 Å². The van der Waals surface area contributed by atoms with Gasteiger partial charge in [0.05, 0.1) is 17.9 Å². The number of hydrogen-bond donors (Lipinski definition) is 1. The molecule has 0 saturated carbocycles. The number of para-hydroxylation sites is 1. The minimum absolute atomic E-state index is 0.141. The number of aryl methyl sites for hydroxylation is 2. The Morgan fingerprint density at radius 2 is 1.85 bits per heavy atom. The number of amides is 1. The van der Waals surface area contributed by atoms with Crippen molar-refractivity contribution in [3.63, 3.8) is 0 Å². The Balaban J connectivity index is 1.41. The van der Waals surface area contributed by atoms with Crippen LogP contribution in [0, 0.1) is 6.92 Å². The number of anilines is 1. The van der Waals surface area contributed by atoms with Crippen LogP contribution >= 0.6 is 0 Å². The van der Waals surface area contributed by atoms with Crippen LogP contribution in [0.4, 0.5) is 5.69 Å². The fourth-order valence-electron chi connectivity index (χ4n) is 3.35. The first kappa shape index (κ1) is 23.2. The first-order valence-corrected chi connectivity index (χ1v) is 11.2. The molecule has 0 atom stereocenters.